The number of hydrogen-bond acceptors (Lipinski definition) is 11. The average molecular weight is 659 g/mol. The molecule has 0 aromatic carbocycles. The fourth-order valence-corrected chi connectivity index (χ4v) is 9.17. The Hall–Kier alpha value is -0.640. The van der Waals surface area contributed by atoms with Crippen LogP contribution in [0.3, 0.4) is 0 Å². The van der Waals surface area contributed by atoms with Gasteiger partial charge < -0.3 is 32.7 Å². The number of hydrogen-bond donors (Lipinski definition) is 1. The number of Topliss-reactive ketones (excluding diaryl/α,β-unsaturated/α-hetero) is 1. The molecular weight excluding hydrogens is 598 g/mol. The smallest absolute Gasteiger partial charge is 0.374 e. The van der Waals surface area contributed by atoms with Gasteiger partial charge in [0.25, 0.3) is 5.08 Å². The molecule has 0 aromatic heterocycles. The Morgan fingerprint density at radius 1 is 0.581 bits per heavy atom. The van der Waals surface area contributed by atoms with Gasteiger partial charge in [-0.3, -0.25) is 18.7 Å². The Balaban J connectivity index is 3.91. The van der Waals surface area contributed by atoms with Gasteiger partial charge in [-0.25, -0.2) is 0 Å². The first kappa shape index (κ1) is 42.4. The van der Waals surface area contributed by atoms with Crippen LogP contribution in [0.5, 0.6) is 0 Å². The van der Waals surface area contributed by atoms with E-state index in [0.717, 1.165) is 34.9 Å². The summed E-state index contributed by atoms with van der Waals surface area (Å²) in [5, 5.41) is 8.31. The number of ketones is 1. The van der Waals surface area contributed by atoms with Gasteiger partial charge in [-0.2, -0.15) is 0 Å². The van der Waals surface area contributed by atoms with E-state index in [9.17, 15) is 23.8 Å². The zero-order chi connectivity index (χ0) is 32.5. The van der Waals surface area contributed by atoms with Crippen molar-refractivity contribution in [2.75, 3.05) is 48.3 Å². The number of ether oxygens (including phenoxy) is 2. The van der Waals surface area contributed by atoms with Gasteiger partial charge in [0.05, 0.1) is 13.0 Å². The third-order valence-electron chi connectivity index (χ3n) is 7.52. The van der Waals surface area contributed by atoms with E-state index in [1.165, 1.54) is 83.5 Å². The molecule has 0 bridgehead atoms. The van der Waals surface area contributed by atoms with Gasteiger partial charge in [-0.05, 0) is 6.42 Å². The van der Waals surface area contributed by atoms with Crippen LogP contribution >= 0.6 is 15.2 Å². The van der Waals surface area contributed by atoms with Gasteiger partial charge in [0.15, 0.2) is 0 Å². The van der Waals surface area contributed by atoms with Crippen molar-refractivity contribution >= 4 is 26.9 Å². The minimum absolute atomic E-state index is 0.157. The van der Waals surface area contributed by atoms with E-state index in [0.29, 0.717) is 19.6 Å². The number of esters is 1. The van der Waals surface area contributed by atoms with Crippen molar-refractivity contribution in [3.8, 4) is 0 Å². The molecule has 0 rings (SSSR count). The van der Waals surface area contributed by atoms with E-state index in [1.807, 2.05) is 0 Å². The van der Waals surface area contributed by atoms with Crippen molar-refractivity contribution < 1.29 is 51.4 Å². The van der Waals surface area contributed by atoms with Gasteiger partial charge >= 0.3 is 21.2 Å². The molecule has 0 unspecified atom stereocenters. The molecular formula is C30H60O11P2. The second kappa shape index (κ2) is 25.5. The highest BCUT2D eigenvalue weighted by molar-refractivity contribution is 7.73. The standard InChI is InChI=1S/C30H60O11P2/c1-6-7-8-9-10-11-12-13-14-15-16-17-18-19-25-40-26-20-27-41-29(32)22-21-28(31)23-24-30(33,42(34,36-2)37-3)43(35,38-4)39-5/h33H,6-27H2,1-5H3. The van der Waals surface area contributed by atoms with Crippen LogP contribution in [0.15, 0.2) is 0 Å². The molecule has 0 spiro atoms. The summed E-state index contributed by atoms with van der Waals surface area (Å²) in [7, 11) is -4.79. The topological polar surface area (TPSA) is 144 Å². The van der Waals surface area contributed by atoms with E-state index in [1.54, 1.807) is 0 Å². The summed E-state index contributed by atoms with van der Waals surface area (Å²) in [5.74, 6) is -0.973. The molecule has 1 N–H and O–H groups in total. The normalized spacial score (nSPS) is 12.5. The summed E-state index contributed by atoms with van der Waals surface area (Å²) < 4.78 is 55.9. The number of unbranched alkanes of at least 4 members (excludes halogenated alkanes) is 13. The third-order valence-corrected chi connectivity index (χ3v) is 13.1. The molecule has 0 amide bonds. The van der Waals surface area contributed by atoms with E-state index >= 15 is 0 Å². The zero-order valence-electron chi connectivity index (χ0n) is 27.5. The molecule has 0 heterocycles. The lowest BCUT2D eigenvalue weighted by Crippen LogP contribution is -2.32. The minimum atomic E-state index is -4.41. The summed E-state index contributed by atoms with van der Waals surface area (Å²) in [4.78, 5) is 24.4. The van der Waals surface area contributed by atoms with Gasteiger partial charge in [0.2, 0.25) is 0 Å². The Labute approximate surface area is 260 Å². The lowest BCUT2D eigenvalue weighted by atomic mass is 10.0. The molecule has 0 aromatic rings. The number of carbonyl (C=O) groups is 2. The van der Waals surface area contributed by atoms with Gasteiger partial charge in [0, 0.05) is 67.3 Å². The average Bonchev–Trinajstić information content (AvgIpc) is 3.02. The first-order chi connectivity index (χ1) is 20.6. The molecule has 0 aliphatic rings. The molecule has 0 radical (unpaired) electrons. The second-order valence-electron chi connectivity index (χ2n) is 10.8. The molecule has 13 heteroatoms. The minimum Gasteiger partial charge on any atom is -0.466 e. The van der Waals surface area contributed by atoms with E-state index in [-0.39, 0.29) is 25.9 Å². The van der Waals surface area contributed by atoms with Crippen LogP contribution in [0.25, 0.3) is 0 Å². The first-order valence-corrected chi connectivity index (χ1v) is 19.1. The highest BCUT2D eigenvalue weighted by atomic mass is 31.2. The van der Waals surface area contributed by atoms with Crippen molar-refractivity contribution in [2.45, 2.75) is 134 Å². The summed E-state index contributed by atoms with van der Waals surface area (Å²) in [5.41, 5.74) is 0. The van der Waals surface area contributed by atoms with Gasteiger partial charge in [-0.15, -0.1) is 0 Å². The predicted molar refractivity (Wildman–Crippen MR) is 168 cm³/mol. The maximum atomic E-state index is 12.9. The van der Waals surface area contributed by atoms with Crippen LogP contribution in [0.1, 0.15) is 129 Å². The summed E-state index contributed by atoms with van der Waals surface area (Å²) in [6, 6.07) is 0. The highest BCUT2D eigenvalue weighted by Crippen LogP contribution is 2.77. The largest absolute Gasteiger partial charge is 0.466 e. The third kappa shape index (κ3) is 17.0. The highest BCUT2D eigenvalue weighted by Gasteiger charge is 2.63. The van der Waals surface area contributed by atoms with Gasteiger partial charge in [0.1, 0.15) is 5.78 Å². The van der Waals surface area contributed by atoms with Crippen LogP contribution in [0, 0.1) is 0 Å². The van der Waals surface area contributed by atoms with Crippen LogP contribution in [-0.4, -0.2) is 70.2 Å². The summed E-state index contributed by atoms with van der Waals surface area (Å²) >= 11 is 0. The monoisotopic (exact) mass is 658 g/mol. The fraction of sp³-hybridized carbons (Fsp3) is 0.933. The molecule has 43 heavy (non-hydrogen) atoms. The van der Waals surface area contributed by atoms with Crippen molar-refractivity contribution in [1.29, 1.82) is 0 Å². The number of carbonyl (C=O) groups excluding carboxylic acids is 2. The number of rotatable bonds is 31. The molecule has 0 saturated carbocycles. The quantitative estimate of drug-likeness (QED) is 0.0437. The Bertz CT molecular complexity index is 780. The van der Waals surface area contributed by atoms with Crippen molar-refractivity contribution in [1.82, 2.24) is 0 Å². The van der Waals surface area contributed by atoms with Crippen LogP contribution < -0.4 is 0 Å². The van der Waals surface area contributed by atoms with Crippen molar-refractivity contribution in [3.05, 3.63) is 0 Å². The van der Waals surface area contributed by atoms with E-state index in [4.69, 9.17) is 27.6 Å². The lowest BCUT2D eigenvalue weighted by molar-refractivity contribution is -0.145. The fourth-order valence-electron chi connectivity index (χ4n) is 4.75. The van der Waals surface area contributed by atoms with E-state index < -0.39 is 38.4 Å². The van der Waals surface area contributed by atoms with Crippen LogP contribution in [0.2, 0.25) is 0 Å². The zero-order valence-corrected chi connectivity index (χ0v) is 29.3. The van der Waals surface area contributed by atoms with E-state index in [2.05, 4.69) is 6.92 Å². The SMILES string of the molecule is CCCCCCCCCCCCCCCCOCCCOC(=O)CCC(=O)CCC(O)(P(=O)(OC)OC)P(=O)(OC)OC. The Kier molecular flexibility index (Phi) is 25.2. The predicted octanol–water partition coefficient (Wildman–Crippen LogP) is 8.17. The molecule has 256 valence electrons. The molecule has 11 nitrogen and oxygen atoms in total. The molecule has 0 saturated heterocycles. The Morgan fingerprint density at radius 2 is 1.00 bits per heavy atom. The van der Waals surface area contributed by atoms with Gasteiger partial charge in [-0.1, -0.05) is 90.4 Å². The molecule has 0 atom stereocenters. The van der Waals surface area contributed by atoms with Crippen molar-refractivity contribution in [2.24, 2.45) is 0 Å². The molecule has 0 fully saturated rings. The molecule has 0 aliphatic carbocycles. The van der Waals surface area contributed by atoms with Crippen LogP contribution in [-0.2, 0) is 46.3 Å². The lowest BCUT2D eigenvalue weighted by Gasteiger charge is -2.36. The maximum absolute atomic E-state index is 12.9. The second-order valence-corrected chi connectivity index (χ2v) is 16.1. The van der Waals surface area contributed by atoms with Crippen LogP contribution in [0.4, 0.5) is 0 Å². The maximum Gasteiger partial charge on any atom is 0.374 e. The first-order valence-electron chi connectivity index (χ1n) is 16.0. The Morgan fingerprint density at radius 3 is 1.44 bits per heavy atom. The molecule has 0 aliphatic heterocycles. The summed E-state index contributed by atoms with van der Waals surface area (Å²) in [6.45, 7) is 3.65. The number of aliphatic hydroxyl groups is 1. The van der Waals surface area contributed by atoms with Crippen molar-refractivity contribution in [3.63, 3.8) is 0 Å². The summed E-state index contributed by atoms with van der Waals surface area (Å²) in [6.07, 6.45) is 17.7.